The lowest BCUT2D eigenvalue weighted by Gasteiger charge is -2.41. The van der Waals surface area contributed by atoms with Crippen molar-refractivity contribution in [2.45, 2.75) is 147 Å². The first kappa shape index (κ1) is 49.8. The quantitative estimate of drug-likeness (QED) is 0.112. The number of aryl methyl sites for hydroxylation is 4. The van der Waals surface area contributed by atoms with Crippen LogP contribution in [0.3, 0.4) is 0 Å². The molecule has 4 aromatic rings. The van der Waals surface area contributed by atoms with Gasteiger partial charge in [0.05, 0.1) is 0 Å². The summed E-state index contributed by atoms with van der Waals surface area (Å²) in [7, 11) is 0. The molecule has 0 aliphatic heterocycles. The predicted octanol–water partition coefficient (Wildman–Crippen LogP) is 10.0. The van der Waals surface area contributed by atoms with Gasteiger partial charge in [-0.1, -0.05) is 27.7 Å². The van der Waals surface area contributed by atoms with Crippen LogP contribution in [0, 0.1) is 76.8 Å². The molecule has 2 aromatic heterocycles. The summed E-state index contributed by atoms with van der Waals surface area (Å²) < 4.78 is 29.3. The van der Waals surface area contributed by atoms with Crippen molar-refractivity contribution in [2.75, 3.05) is 22.9 Å². The first-order valence-corrected chi connectivity index (χ1v) is 23.3. The van der Waals surface area contributed by atoms with Crippen LogP contribution in [0.15, 0.2) is 46.0 Å². The second-order valence-corrected chi connectivity index (χ2v) is 19.2. The molecule has 2 fully saturated rings. The molecule has 2 unspecified atom stereocenters. The minimum absolute atomic E-state index is 0.0979. The topological polar surface area (TPSA) is 130 Å². The molecule has 2 heterocycles. The van der Waals surface area contributed by atoms with Crippen LogP contribution in [-0.4, -0.2) is 47.0 Å². The number of carbonyl (C=O) groups excluding carboxylic acids is 2. The number of benzene rings is 2. The average molecular weight is 883 g/mol. The lowest BCUT2D eigenvalue weighted by Crippen LogP contribution is -2.41. The molecule has 2 aromatic carbocycles. The fourth-order valence-corrected chi connectivity index (χ4v) is 10.7. The normalized spacial score (nSPS) is 20.8. The van der Waals surface area contributed by atoms with Crippen LogP contribution in [-0.2, 0) is 13.1 Å². The molecule has 0 spiro atoms. The molecule has 6 atom stereocenters. The van der Waals surface area contributed by atoms with Gasteiger partial charge in [0.2, 0.25) is 0 Å². The molecule has 64 heavy (non-hydrogen) atoms. The van der Waals surface area contributed by atoms with Crippen molar-refractivity contribution < 1.29 is 18.4 Å². The van der Waals surface area contributed by atoms with Crippen LogP contribution in [0.4, 0.5) is 20.2 Å². The number of amides is 2. The Bertz CT molecular complexity index is 2240. The van der Waals surface area contributed by atoms with E-state index in [4.69, 9.17) is 0 Å². The monoisotopic (exact) mass is 883 g/mol. The molecule has 10 nitrogen and oxygen atoms in total. The smallest absolute Gasteiger partial charge is 0.253 e. The minimum Gasteiger partial charge on any atom is -0.368 e. The number of H-pyrrole nitrogens is 2. The lowest BCUT2D eigenvalue weighted by molar-refractivity contribution is 0.0941. The fourth-order valence-electron chi connectivity index (χ4n) is 10.7. The highest BCUT2D eigenvalue weighted by Gasteiger charge is 2.31. The molecule has 0 radical (unpaired) electrons. The van der Waals surface area contributed by atoms with E-state index in [1.165, 1.54) is 25.0 Å². The third-order valence-corrected chi connectivity index (χ3v) is 13.5. The summed E-state index contributed by atoms with van der Waals surface area (Å²) in [6.45, 7) is 26.1. The van der Waals surface area contributed by atoms with Gasteiger partial charge in [0.15, 0.2) is 0 Å². The van der Waals surface area contributed by atoms with E-state index in [0.717, 1.165) is 83.8 Å². The standard InChI is InChI=1S/2C26H36FN3O2/c2*1-7-30(21-9-15(2)8-16(3)10-21)24-13-20(27)12-22(19(24)6)25(31)28-14-23-17(4)11-18(5)29-26(23)32/h2*11-13,15-16,21H,7-10,14H2,1-6H3,(H,28,31)(H,29,32)/t2*15-,16+,21?. The number of pyridine rings is 2. The fraction of sp³-hybridized carbons (Fsp3) is 0.538. The number of halogens is 2. The van der Waals surface area contributed by atoms with Gasteiger partial charge in [-0.05, 0) is 176 Å². The Hall–Kier alpha value is -5.26. The summed E-state index contributed by atoms with van der Waals surface area (Å²) in [6.07, 6.45) is 6.75. The van der Waals surface area contributed by atoms with Crippen LogP contribution in [0.25, 0.3) is 0 Å². The van der Waals surface area contributed by atoms with Crippen molar-refractivity contribution in [3.8, 4) is 0 Å². The van der Waals surface area contributed by atoms with E-state index in [9.17, 15) is 28.0 Å². The number of hydrogen-bond donors (Lipinski definition) is 4. The van der Waals surface area contributed by atoms with Crippen LogP contribution in [0.2, 0.25) is 0 Å². The highest BCUT2D eigenvalue weighted by atomic mass is 19.1. The third-order valence-electron chi connectivity index (χ3n) is 13.5. The Kier molecular flexibility index (Phi) is 16.8. The van der Waals surface area contributed by atoms with Gasteiger partial charge in [0.25, 0.3) is 22.9 Å². The Balaban J connectivity index is 0.000000241. The van der Waals surface area contributed by atoms with Crippen LogP contribution in [0.5, 0.6) is 0 Å². The second kappa shape index (κ2) is 21.6. The first-order chi connectivity index (χ1) is 30.2. The number of hydrogen-bond acceptors (Lipinski definition) is 6. The van der Waals surface area contributed by atoms with E-state index in [0.29, 0.717) is 58.0 Å². The van der Waals surface area contributed by atoms with Crippen molar-refractivity contribution >= 4 is 23.2 Å². The SMILES string of the molecule is CCN(c1cc(F)cc(C(=O)NCc2c(C)cc(C)[nH]c2=O)c1C)C1C[C@@H](C)C[C@@H](C)C1.CCN(c1cc(F)cc(C(=O)NCc2c(C)cc(C)[nH]c2=O)c1C)C1C[C@@H](C)C[C@@H](C)C1. The maximum absolute atomic E-state index is 14.7. The third kappa shape index (κ3) is 12.1. The molecule has 2 saturated carbocycles. The number of nitrogens with one attached hydrogen (secondary N) is 4. The Morgan fingerprint density at radius 1 is 0.562 bits per heavy atom. The van der Waals surface area contributed by atoms with Gasteiger partial charge in [-0.3, -0.25) is 19.2 Å². The van der Waals surface area contributed by atoms with Crippen LogP contribution >= 0.6 is 0 Å². The molecule has 2 aliphatic carbocycles. The number of aromatic nitrogens is 2. The van der Waals surface area contributed by atoms with Gasteiger partial charge in [-0.15, -0.1) is 0 Å². The van der Waals surface area contributed by atoms with E-state index in [1.807, 2.05) is 53.7 Å². The van der Waals surface area contributed by atoms with Gasteiger partial charge in [-0.25, -0.2) is 8.78 Å². The molecule has 6 rings (SSSR count). The van der Waals surface area contributed by atoms with Crippen molar-refractivity contribution in [3.63, 3.8) is 0 Å². The summed E-state index contributed by atoms with van der Waals surface area (Å²) in [6, 6.07) is 10.1. The molecule has 12 heteroatoms. The number of aromatic amines is 2. The largest absolute Gasteiger partial charge is 0.368 e. The Morgan fingerprint density at radius 2 is 0.891 bits per heavy atom. The summed E-state index contributed by atoms with van der Waals surface area (Å²) in [5.74, 6) is 0.935. The minimum atomic E-state index is -0.421. The molecular formula is C52H72F2N6O4. The number of nitrogens with zero attached hydrogens (tertiary/aromatic N) is 2. The van der Waals surface area contributed by atoms with Crippen LogP contribution < -0.4 is 31.6 Å². The Morgan fingerprint density at radius 3 is 1.19 bits per heavy atom. The highest BCUT2D eigenvalue weighted by Crippen LogP contribution is 2.37. The zero-order chi connectivity index (χ0) is 47.2. The van der Waals surface area contributed by atoms with Crippen molar-refractivity contribution in [3.05, 3.63) is 125 Å². The molecular weight excluding hydrogens is 811 g/mol. The van der Waals surface area contributed by atoms with Crippen molar-refractivity contribution in [1.29, 1.82) is 0 Å². The van der Waals surface area contributed by atoms with E-state index in [-0.39, 0.29) is 36.0 Å². The lowest BCUT2D eigenvalue weighted by atomic mass is 9.79. The number of anilines is 2. The summed E-state index contributed by atoms with van der Waals surface area (Å²) in [4.78, 5) is 60.6. The highest BCUT2D eigenvalue weighted by molar-refractivity contribution is 5.98. The van der Waals surface area contributed by atoms with Gasteiger partial charge in [-0.2, -0.15) is 0 Å². The van der Waals surface area contributed by atoms with Crippen molar-refractivity contribution in [2.24, 2.45) is 23.7 Å². The molecule has 0 bridgehead atoms. The summed E-state index contributed by atoms with van der Waals surface area (Å²) in [5.41, 5.74) is 7.54. The molecule has 348 valence electrons. The second-order valence-electron chi connectivity index (χ2n) is 19.2. The number of rotatable bonds is 12. The maximum Gasteiger partial charge on any atom is 0.253 e. The van der Waals surface area contributed by atoms with E-state index in [2.05, 4.69) is 71.9 Å². The molecule has 2 amide bonds. The summed E-state index contributed by atoms with van der Waals surface area (Å²) >= 11 is 0. The zero-order valence-corrected chi connectivity index (χ0v) is 40.3. The van der Waals surface area contributed by atoms with E-state index in [1.54, 1.807) is 12.1 Å². The molecule has 4 N–H and O–H groups in total. The van der Waals surface area contributed by atoms with Gasteiger partial charge in [0, 0.05) is 83.3 Å². The molecule has 2 aliphatic rings. The molecule has 0 saturated heterocycles. The van der Waals surface area contributed by atoms with E-state index < -0.39 is 11.6 Å². The summed E-state index contributed by atoms with van der Waals surface area (Å²) in [5, 5.41) is 5.64. The maximum atomic E-state index is 14.7. The first-order valence-electron chi connectivity index (χ1n) is 23.3. The van der Waals surface area contributed by atoms with Crippen LogP contribution in [0.1, 0.15) is 146 Å². The average Bonchev–Trinajstić information content (AvgIpc) is 3.19. The van der Waals surface area contributed by atoms with Gasteiger partial charge < -0.3 is 30.4 Å². The zero-order valence-electron chi connectivity index (χ0n) is 40.3. The van der Waals surface area contributed by atoms with Gasteiger partial charge in [0.1, 0.15) is 11.6 Å². The van der Waals surface area contributed by atoms with Gasteiger partial charge >= 0.3 is 0 Å². The van der Waals surface area contributed by atoms with Crippen molar-refractivity contribution in [1.82, 2.24) is 20.6 Å². The Labute approximate surface area is 379 Å². The van der Waals surface area contributed by atoms with E-state index >= 15 is 0 Å². The predicted molar refractivity (Wildman–Crippen MR) is 256 cm³/mol. The number of carbonyl (C=O) groups is 2.